The first-order valence-electron chi connectivity index (χ1n) is 5.60. The van der Waals surface area contributed by atoms with Crippen molar-refractivity contribution in [1.82, 2.24) is 0 Å². The Labute approximate surface area is 106 Å². The maximum absolute atomic E-state index is 11.5. The van der Waals surface area contributed by atoms with E-state index >= 15 is 0 Å². The van der Waals surface area contributed by atoms with Crippen LogP contribution in [0, 0.1) is 11.3 Å². The van der Waals surface area contributed by atoms with E-state index in [1.165, 1.54) is 6.08 Å². The summed E-state index contributed by atoms with van der Waals surface area (Å²) in [4.78, 5) is 11.5. The van der Waals surface area contributed by atoms with Crippen molar-refractivity contribution in [2.24, 2.45) is 0 Å². The Bertz CT molecular complexity index is 508. The van der Waals surface area contributed by atoms with E-state index in [1.54, 1.807) is 18.2 Å². The van der Waals surface area contributed by atoms with Crippen molar-refractivity contribution in [2.75, 3.05) is 6.61 Å². The van der Waals surface area contributed by atoms with Crippen LogP contribution in [0.1, 0.15) is 26.3 Å². The molecule has 0 saturated carbocycles. The van der Waals surface area contributed by atoms with E-state index in [0.29, 0.717) is 23.7 Å². The molecule has 0 aliphatic rings. The van der Waals surface area contributed by atoms with Gasteiger partial charge in [-0.3, -0.25) is 0 Å². The van der Waals surface area contributed by atoms with Gasteiger partial charge in [0.2, 0.25) is 0 Å². The van der Waals surface area contributed by atoms with Gasteiger partial charge in [0.25, 0.3) is 0 Å². The second-order valence-electron chi connectivity index (χ2n) is 3.85. The molecular weight excluding hydrogens is 230 g/mol. The smallest absolute Gasteiger partial charge is 0.336 e. The number of hydrogen-bond donors (Lipinski definition) is 0. The van der Waals surface area contributed by atoms with Gasteiger partial charge in [0, 0.05) is 12.1 Å². The van der Waals surface area contributed by atoms with Gasteiger partial charge < -0.3 is 9.47 Å². The molecule has 18 heavy (non-hydrogen) atoms. The monoisotopic (exact) mass is 245 g/mol. The molecule has 0 saturated heterocycles. The van der Waals surface area contributed by atoms with Crippen molar-refractivity contribution in [1.29, 1.82) is 5.26 Å². The van der Waals surface area contributed by atoms with Gasteiger partial charge in [0.05, 0.1) is 18.2 Å². The molecule has 0 spiro atoms. The number of carbonyl (C=O) groups is 1. The lowest BCUT2D eigenvalue weighted by atomic mass is 10.2. The number of allylic oxidation sites excluding steroid dienone is 1. The quantitative estimate of drug-likeness (QED) is 0.465. The third-order valence-corrected chi connectivity index (χ3v) is 1.99. The Morgan fingerprint density at radius 2 is 2.11 bits per heavy atom. The fraction of sp³-hybridized carbons (Fsp3) is 0.286. The number of nitriles is 1. The second-order valence-corrected chi connectivity index (χ2v) is 3.85. The molecule has 1 aromatic carbocycles. The zero-order valence-corrected chi connectivity index (χ0v) is 10.7. The molecule has 0 atom stereocenters. The molecule has 0 aliphatic heterocycles. The number of hydrogen-bond acceptors (Lipinski definition) is 4. The molecule has 0 N–H and O–H groups in total. The van der Waals surface area contributed by atoms with E-state index in [0.717, 1.165) is 5.57 Å². The third kappa shape index (κ3) is 3.95. The summed E-state index contributed by atoms with van der Waals surface area (Å²) in [5, 5.41) is 8.80. The average Bonchev–Trinajstić information content (AvgIpc) is 2.30. The number of carbonyl (C=O) groups excluding carboxylic acids is 1. The van der Waals surface area contributed by atoms with Gasteiger partial charge in [-0.1, -0.05) is 5.57 Å². The summed E-state index contributed by atoms with van der Waals surface area (Å²) in [6.45, 7) is 5.87. The largest absolute Gasteiger partial charge is 0.490 e. The van der Waals surface area contributed by atoms with Crippen molar-refractivity contribution < 1.29 is 14.3 Å². The molecule has 0 fully saturated rings. The van der Waals surface area contributed by atoms with Crippen LogP contribution in [0.5, 0.6) is 11.5 Å². The minimum absolute atomic E-state index is 0.318. The average molecular weight is 245 g/mol. The summed E-state index contributed by atoms with van der Waals surface area (Å²) >= 11 is 0. The Hall–Kier alpha value is -2.28. The SMILES string of the molecule is CCOc1cc(C#N)ccc1OC(=O)C=C(C)C. The first kappa shape index (κ1) is 13.8. The predicted octanol–water partition coefficient (Wildman–Crippen LogP) is 2.83. The lowest BCUT2D eigenvalue weighted by molar-refractivity contribution is -0.129. The molecule has 0 bridgehead atoms. The van der Waals surface area contributed by atoms with Crippen molar-refractivity contribution in [2.45, 2.75) is 20.8 Å². The van der Waals surface area contributed by atoms with Crippen LogP contribution in [0.15, 0.2) is 29.8 Å². The summed E-state index contributed by atoms with van der Waals surface area (Å²) in [5.41, 5.74) is 1.31. The molecular formula is C14H15NO3. The number of nitrogens with zero attached hydrogens (tertiary/aromatic N) is 1. The van der Waals surface area contributed by atoms with E-state index in [4.69, 9.17) is 14.7 Å². The fourth-order valence-electron chi connectivity index (χ4n) is 1.30. The topological polar surface area (TPSA) is 59.3 Å². The Morgan fingerprint density at radius 1 is 1.39 bits per heavy atom. The van der Waals surface area contributed by atoms with Gasteiger partial charge in [-0.05, 0) is 32.9 Å². The van der Waals surface area contributed by atoms with Crippen LogP contribution in [-0.2, 0) is 4.79 Å². The van der Waals surface area contributed by atoms with Gasteiger partial charge in [-0.15, -0.1) is 0 Å². The standard InChI is InChI=1S/C14H15NO3/c1-4-17-13-8-11(9-15)5-6-12(13)18-14(16)7-10(2)3/h5-8H,4H2,1-3H3. The highest BCUT2D eigenvalue weighted by atomic mass is 16.6. The van der Waals surface area contributed by atoms with Gasteiger partial charge in [-0.25, -0.2) is 4.79 Å². The summed E-state index contributed by atoms with van der Waals surface area (Å²) in [7, 11) is 0. The van der Waals surface area contributed by atoms with E-state index in [1.807, 2.05) is 26.8 Å². The van der Waals surface area contributed by atoms with E-state index in [9.17, 15) is 4.79 Å². The van der Waals surface area contributed by atoms with E-state index in [2.05, 4.69) is 0 Å². The van der Waals surface area contributed by atoms with Crippen LogP contribution < -0.4 is 9.47 Å². The molecule has 0 aromatic heterocycles. The Balaban J connectivity index is 2.98. The van der Waals surface area contributed by atoms with Crippen molar-refractivity contribution >= 4 is 5.97 Å². The molecule has 0 heterocycles. The molecule has 4 nitrogen and oxygen atoms in total. The normalized spacial score (nSPS) is 9.22. The first-order valence-corrected chi connectivity index (χ1v) is 5.60. The molecule has 0 amide bonds. The summed E-state index contributed by atoms with van der Waals surface area (Å²) in [5.74, 6) is 0.256. The molecule has 0 radical (unpaired) electrons. The molecule has 0 aliphatic carbocycles. The van der Waals surface area contributed by atoms with Crippen LogP contribution in [0.3, 0.4) is 0 Å². The van der Waals surface area contributed by atoms with Crippen molar-refractivity contribution in [3.8, 4) is 17.6 Å². The van der Waals surface area contributed by atoms with E-state index in [-0.39, 0.29) is 0 Å². The first-order chi connectivity index (χ1) is 8.56. The second kappa shape index (κ2) is 6.45. The van der Waals surface area contributed by atoms with Gasteiger partial charge in [0.15, 0.2) is 11.5 Å². The van der Waals surface area contributed by atoms with Crippen LogP contribution in [0.2, 0.25) is 0 Å². The van der Waals surface area contributed by atoms with Crippen molar-refractivity contribution in [3.63, 3.8) is 0 Å². The van der Waals surface area contributed by atoms with Crippen LogP contribution in [0.4, 0.5) is 0 Å². The number of rotatable bonds is 4. The molecule has 94 valence electrons. The number of benzene rings is 1. The highest BCUT2D eigenvalue weighted by molar-refractivity contribution is 5.85. The highest BCUT2D eigenvalue weighted by Gasteiger charge is 2.09. The van der Waals surface area contributed by atoms with Gasteiger partial charge >= 0.3 is 5.97 Å². The van der Waals surface area contributed by atoms with Crippen LogP contribution >= 0.6 is 0 Å². The Kier molecular flexibility index (Phi) is 4.94. The van der Waals surface area contributed by atoms with Crippen LogP contribution in [-0.4, -0.2) is 12.6 Å². The van der Waals surface area contributed by atoms with Crippen LogP contribution in [0.25, 0.3) is 0 Å². The molecule has 4 heteroatoms. The van der Waals surface area contributed by atoms with Crippen molar-refractivity contribution in [3.05, 3.63) is 35.4 Å². The minimum Gasteiger partial charge on any atom is -0.490 e. The molecule has 0 unspecified atom stereocenters. The summed E-state index contributed by atoms with van der Waals surface area (Å²) in [6, 6.07) is 6.69. The Morgan fingerprint density at radius 3 is 2.67 bits per heavy atom. The predicted molar refractivity (Wildman–Crippen MR) is 67.4 cm³/mol. The number of ether oxygens (including phenoxy) is 2. The number of esters is 1. The maximum atomic E-state index is 11.5. The molecule has 1 aromatic rings. The van der Waals surface area contributed by atoms with Gasteiger partial charge in [-0.2, -0.15) is 5.26 Å². The zero-order chi connectivity index (χ0) is 13.5. The zero-order valence-electron chi connectivity index (χ0n) is 10.7. The maximum Gasteiger partial charge on any atom is 0.336 e. The fourth-order valence-corrected chi connectivity index (χ4v) is 1.30. The minimum atomic E-state index is -0.458. The lowest BCUT2D eigenvalue weighted by Crippen LogP contribution is -2.06. The highest BCUT2D eigenvalue weighted by Crippen LogP contribution is 2.28. The molecule has 1 rings (SSSR count). The van der Waals surface area contributed by atoms with Gasteiger partial charge in [0.1, 0.15) is 0 Å². The van der Waals surface area contributed by atoms with E-state index < -0.39 is 5.97 Å². The third-order valence-electron chi connectivity index (χ3n) is 1.99. The summed E-state index contributed by atoms with van der Waals surface area (Å²) < 4.78 is 10.5. The lowest BCUT2D eigenvalue weighted by Gasteiger charge is -2.09. The summed E-state index contributed by atoms with van der Waals surface area (Å²) in [6.07, 6.45) is 1.40.